The summed E-state index contributed by atoms with van der Waals surface area (Å²) in [6.07, 6.45) is 9.97. The van der Waals surface area contributed by atoms with Crippen molar-refractivity contribution in [2.75, 3.05) is 5.48 Å². The minimum Gasteiger partial charge on any atom is -1.00 e. The molecule has 0 aliphatic rings. The van der Waals surface area contributed by atoms with Crippen LogP contribution in [0.1, 0.15) is 33.6 Å². The van der Waals surface area contributed by atoms with Crippen LogP contribution in [0.4, 0.5) is 5.82 Å². The molecule has 2 aromatic rings. The zero-order chi connectivity index (χ0) is 16.1. The molecule has 0 bridgehead atoms. The number of nitrogens with zero attached hydrogens (tertiary/aromatic N) is 4. The lowest BCUT2D eigenvalue weighted by Crippen LogP contribution is -3.00. The second-order valence-electron chi connectivity index (χ2n) is 5.76. The number of hydrogen-bond acceptors (Lipinski definition) is 4. The van der Waals surface area contributed by atoms with Crippen LogP contribution >= 0.6 is 0 Å². The first kappa shape index (κ1) is 19.3. The molecule has 0 spiro atoms. The third-order valence-corrected chi connectivity index (χ3v) is 3.57. The van der Waals surface area contributed by atoms with E-state index in [1.165, 1.54) is 17.5 Å². The molecule has 7 heteroatoms. The van der Waals surface area contributed by atoms with E-state index in [0.29, 0.717) is 5.82 Å². The molecule has 0 radical (unpaired) electrons. The zero-order valence-corrected chi connectivity index (χ0v) is 15.6. The fourth-order valence-corrected chi connectivity index (χ4v) is 2.38. The molecule has 2 N–H and O–H groups in total. The Bertz CT molecular complexity index is 717. The van der Waals surface area contributed by atoms with Gasteiger partial charge < -0.3 is 17.0 Å². The van der Waals surface area contributed by atoms with Gasteiger partial charge in [-0.2, -0.15) is 4.98 Å². The summed E-state index contributed by atoms with van der Waals surface area (Å²) in [6.45, 7) is 7.11. The highest BCUT2D eigenvalue weighted by atomic mass is 79.9. The second-order valence-corrected chi connectivity index (χ2v) is 5.76. The minimum atomic E-state index is 0. The van der Waals surface area contributed by atoms with Gasteiger partial charge in [0, 0.05) is 0 Å². The number of allylic oxidation sites excluding steroid dienone is 4. The third-order valence-electron chi connectivity index (χ3n) is 3.57. The molecular formula is C16H24BrN5O. The standard InChI is InChI=1S/C16H24N5O.BrH/c1-12(2)6-5-7-13(3)8-9-21-11-20(4)16-14(21)15(19-22)17-10-18-16;/h6,8,10-11,22H,5,7,9H2,1-4H3,(H,17,18,19);1H/q+1;/p-1/b13-8+;. The van der Waals surface area contributed by atoms with Crippen LogP contribution in [-0.2, 0) is 13.6 Å². The van der Waals surface area contributed by atoms with Crippen molar-refractivity contribution >= 4 is 17.0 Å². The molecule has 2 rings (SSSR count). The van der Waals surface area contributed by atoms with Crippen LogP contribution < -0.4 is 27.0 Å². The predicted octanol–water partition coefficient (Wildman–Crippen LogP) is -0.246. The third kappa shape index (κ3) is 4.87. The van der Waals surface area contributed by atoms with Gasteiger partial charge in [0.25, 0.3) is 0 Å². The second kappa shape index (κ2) is 8.79. The molecule has 0 fully saturated rings. The van der Waals surface area contributed by atoms with E-state index in [9.17, 15) is 5.21 Å². The Hall–Kier alpha value is -1.73. The fraction of sp³-hybridized carbons (Fsp3) is 0.438. The van der Waals surface area contributed by atoms with E-state index in [0.717, 1.165) is 30.6 Å². The molecule has 6 nitrogen and oxygen atoms in total. The molecule has 0 amide bonds. The van der Waals surface area contributed by atoms with E-state index in [4.69, 9.17) is 0 Å². The number of hydrogen-bond donors (Lipinski definition) is 2. The summed E-state index contributed by atoms with van der Waals surface area (Å²) < 4.78 is 3.95. The Kier molecular flexibility index (Phi) is 7.38. The van der Waals surface area contributed by atoms with Crippen LogP contribution in [0.25, 0.3) is 11.2 Å². The monoisotopic (exact) mass is 381 g/mol. The molecule has 0 aliphatic heterocycles. The molecule has 0 unspecified atom stereocenters. The van der Waals surface area contributed by atoms with Crippen LogP contribution in [0.3, 0.4) is 0 Å². The molecule has 0 atom stereocenters. The van der Waals surface area contributed by atoms with Crippen LogP contribution in [0.5, 0.6) is 0 Å². The predicted molar refractivity (Wildman–Crippen MR) is 86.5 cm³/mol. The first-order chi connectivity index (χ1) is 10.5. The zero-order valence-electron chi connectivity index (χ0n) is 14.0. The Morgan fingerprint density at radius 2 is 2.04 bits per heavy atom. The number of imidazole rings is 1. The lowest BCUT2D eigenvalue weighted by Gasteiger charge is -2.01. The van der Waals surface area contributed by atoms with Gasteiger partial charge in [-0.15, -0.1) is 0 Å². The van der Waals surface area contributed by atoms with Crippen LogP contribution in [-0.4, -0.2) is 19.7 Å². The number of nitrogens with one attached hydrogen (secondary N) is 1. The lowest BCUT2D eigenvalue weighted by molar-refractivity contribution is -0.647. The van der Waals surface area contributed by atoms with Crippen LogP contribution in [0.15, 0.2) is 36.0 Å². The smallest absolute Gasteiger partial charge is 0.307 e. The fourth-order valence-electron chi connectivity index (χ4n) is 2.38. The Balaban J connectivity index is 0.00000264. The van der Waals surface area contributed by atoms with Crippen molar-refractivity contribution in [1.82, 2.24) is 14.5 Å². The van der Waals surface area contributed by atoms with E-state index in [-0.39, 0.29) is 17.0 Å². The Morgan fingerprint density at radius 3 is 2.70 bits per heavy atom. The summed E-state index contributed by atoms with van der Waals surface area (Å²) >= 11 is 0. The molecule has 23 heavy (non-hydrogen) atoms. The maximum atomic E-state index is 9.23. The highest BCUT2D eigenvalue weighted by molar-refractivity contribution is 5.80. The Labute approximate surface area is 147 Å². The normalized spacial score (nSPS) is 11.3. The summed E-state index contributed by atoms with van der Waals surface area (Å²) in [4.78, 5) is 8.32. The molecule has 0 aliphatic carbocycles. The van der Waals surface area contributed by atoms with E-state index < -0.39 is 0 Å². The number of rotatable bonds is 6. The minimum absolute atomic E-state index is 0. The first-order valence-electron chi connectivity index (χ1n) is 7.41. The van der Waals surface area contributed by atoms with Crippen molar-refractivity contribution in [3.8, 4) is 0 Å². The summed E-state index contributed by atoms with van der Waals surface area (Å²) in [7, 11) is 1.93. The first-order valence-corrected chi connectivity index (χ1v) is 7.41. The lowest BCUT2D eigenvalue weighted by atomic mass is 10.1. The average Bonchev–Trinajstić information content (AvgIpc) is 2.81. The van der Waals surface area contributed by atoms with Crippen molar-refractivity contribution in [1.29, 1.82) is 0 Å². The summed E-state index contributed by atoms with van der Waals surface area (Å²) in [5.74, 6) is 0.418. The van der Waals surface area contributed by atoms with E-state index in [1.54, 1.807) is 0 Å². The average molecular weight is 382 g/mol. The SMILES string of the molecule is CC(C)=CCC/C(C)=C/Cn1c[n+](C)c2ncnc(NO)c21.[Br-]. The number of fused-ring (bicyclic) bond motifs is 1. The highest BCUT2D eigenvalue weighted by Crippen LogP contribution is 2.17. The molecule has 0 aromatic carbocycles. The molecule has 126 valence electrons. The van der Waals surface area contributed by atoms with E-state index in [1.807, 2.05) is 22.5 Å². The van der Waals surface area contributed by atoms with Gasteiger partial charge in [-0.1, -0.05) is 28.3 Å². The van der Waals surface area contributed by atoms with Crippen molar-refractivity contribution < 1.29 is 26.8 Å². The van der Waals surface area contributed by atoms with Gasteiger partial charge in [-0.3, -0.25) is 9.77 Å². The van der Waals surface area contributed by atoms with Crippen molar-refractivity contribution in [2.45, 2.75) is 40.2 Å². The highest BCUT2D eigenvalue weighted by Gasteiger charge is 2.18. The molecule has 2 aromatic heterocycles. The molecular weight excluding hydrogens is 358 g/mol. The van der Waals surface area contributed by atoms with E-state index in [2.05, 4.69) is 48.4 Å². The molecule has 0 saturated heterocycles. The quantitative estimate of drug-likeness (QED) is 0.411. The number of halogens is 1. The van der Waals surface area contributed by atoms with Gasteiger partial charge in [-0.25, -0.2) is 10.0 Å². The van der Waals surface area contributed by atoms with Crippen LogP contribution in [0.2, 0.25) is 0 Å². The van der Waals surface area contributed by atoms with E-state index >= 15 is 0 Å². The maximum absolute atomic E-state index is 9.23. The number of aromatic nitrogens is 4. The number of aryl methyl sites for hydroxylation is 1. The summed E-state index contributed by atoms with van der Waals surface area (Å²) in [5, 5.41) is 9.23. The molecule has 2 heterocycles. The van der Waals surface area contributed by atoms with Gasteiger partial charge in [0.1, 0.15) is 0 Å². The maximum Gasteiger partial charge on any atom is 0.307 e. The summed E-state index contributed by atoms with van der Waals surface area (Å²) in [5.41, 5.74) is 6.42. The van der Waals surface area contributed by atoms with Crippen molar-refractivity contribution in [3.63, 3.8) is 0 Å². The van der Waals surface area contributed by atoms with Gasteiger partial charge in [-0.05, 0) is 33.6 Å². The van der Waals surface area contributed by atoms with Gasteiger partial charge in [0.2, 0.25) is 5.52 Å². The largest absolute Gasteiger partial charge is 1.00 e. The van der Waals surface area contributed by atoms with Gasteiger partial charge in [0.15, 0.2) is 18.5 Å². The molecule has 0 saturated carbocycles. The van der Waals surface area contributed by atoms with Crippen molar-refractivity contribution in [3.05, 3.63) is 36.0 Å². The van der Waals surface area contributed by atoms with Gasteiger partial charge in [0.05, 0.1) is 13.6 Å². The van der Waals surface area contributed by atoms with Gasteiger partial charge >= 0.3 is 5.65 Å². The number of anilines is 1. The van der Waals surface area contributed by atoms with Crippen molar-refractivity contribution in [2.24, 2.45) is 7.05 Å². The van der Waals surface area contributed by atoms with Crippen LogP contribution in [0, 0.1) is 0 Å². The summed E-state index contributed by atoms with van der Waals surface area (Å²) in [6, 6.07) is 0. The Morgan fingerprint density at radius 1 is 1.30 bits per heavy atom. The topological polar surface area (TPSA) is 66.9 Å².